The van der Waals surface area contributed by atoms with Crippen LogP contribution in [0.1, 0.15) is 25.8 Å². The molecule has 0 aliphatic rings. The molecule has 0 aliphatic carbocycles. The number of benzene rings is 1. The largest absolute Gasteiger partial charge is 0.492 e. The molecule has 1 aromatic carbocycles. The van der Waals surface area contributed by atoms with Gasteiger partial charge < -0.3 is 20.3 Å². The SMILES string of the molecule is CCOc1c(Br)cc(Br)cc1CNC(CC)(CO)CO. The molecule has 0 saturated heterocycles. The van der Waals surface area contributed by atoms with E-state index < -0.39 is 5.54 Å². The minimum Gasteiger partial charge on any atom is -0.492 e. The van der Waals surface area contributed by atoms with E-state index in [9.17, 15) is 10.2 Å². The molecule has 6 heteroatoms. The van der Waals surface area contributed by atoms with Crippen molar-refractivity contribution in [1.29, 1.82) is 0 Å². The van der Waals surface area contributed by atoms with E-state index in [4.69, 9.17) is 4.74 Å². The predicted molar refractivity (Wildman–Crippen MR) is 87.0 cm³/mol. The Morgan fingerprint density at radius 3 is 2.35 bits per heavy atom. The van der Waals surface area contributed by atoms with Crippen LogP contribution >= 0.6 is 31.9 Å². The first-order chi connectivity index (χ1) is 9.51. The molecule has 3 N–H and O–H groups in total. The van der Waals surface area contributed by atoms with E-state index in [-0.39, 0.29) is 13.2 Å². The van der Waals surface area contributed by atoms with Crippen LogP contribution in [0.25, 0.3) is 0 Å². The Morgan fingerprint density at radius 2 is 1.85 bits per heavy atom. The molecule has 0 heterocycles. The molecule has 0 saturated carbocycles. The second-order valence-electron chi connectivity index (χ2n) is 4.61. The Balaban J connectivity index is 2.96. The van der Waals surface area contributed by atoms with E-state index in [1.165, 1.54) is 0 Å². The molecule has 0 radical (unpaired) electrons. The smallest absolute Gasteiger partial charge is 0.138 e. The van der Waals surface area contributed by atoms with Gasteiger partial charge in [-0.25, -0.2) is 0 Å². The third-order valence-corrected chi connectivity index (χ3v) is 4.36. The van der Waals surface area contributed by atoms with Gasteiger partial charge in [0.1, 0.15) is 5.75 Å². The van der Waals surface area contributed by atoms with Crippen LogP contribution in [0.5, 0.6) is 5.75 Å². The minimum absolute atomic E-state index is 0.112. The molecule has 0 amide bonds. The number of rotatable bonds is 8. The molecule has 1 aromatic rings. The van der Waals surface area contributed by atoms with Crippen LogP contribution < -0.4 is 10.1 Å². The summed E-state index contributed by atoms with van der Waals surface area (Å²) in [7, 11) is 0. The van der Waals surface area contributed by atoms with Crippen molar-refractivity contribution in [2.75, 3.05) is 19.8 Å². The number of hydrogen-bond acceptors (Lipinski definition) is 4. The van der Waals surface area contributed by atoms with Crippen LogP contribution in [-0.2, 0) is 6.54 Å². The average molecular weight is 411 g/mol. The zero-order valence-electron chi connectivity index (χ0n) is 11.7. The molecular formula is C14H21Br2NO3. The number of ether oxygens (including phenoxy) is 1. The van der Waals surface area contributed by atoms with Gasteiger partial charge in [0.15, 0.2) is 0 Å². The van der Waals surface area contributed by atoms with Gasteiger partial charge in [-0.15, -0.1) is 0 Å². The van der Waals surface area contributed by atoms with Gasteiger partial charge in [-0.05, 0) is 41.4 Å². The number of nitrogens with one attached hydrogen (secondary N) is 1. The molecule has 4 nitrogen and oxygen atoms in total. The lowest BCUT2D eigenvalue weighted by atomic mass is 9.98. The van der Waals surface area contributed by atoms with Crippen molar-refractivity contribution in [3.05, 3.63) is 26.6 Å². The first-order valence-corrected chi connectivity index (χ1v) is 8.18. The van der Waals surface area contributed by atoms with Gasteiger partial charge in [-0.1, -0.05) is 22.9 Å². The maximum atomic E-state index is 9.46. The summed E-state index contributed by atoms with van der Waals surface area (Å²) in [5, 5.41) is 22.2. The molecule has 0 aromatic heterocycles. The lowest BCUT2D eigenvalue weighted by Gasteiger charge is -2.30. The Bertz CT molecular complexity index is 428. The van der Waals surface area contributed by atoms with Gasteiger partial charge in [-0.2, -0.15) is 0 Å². The average Bonchev–Trinajstić information content (AvgIpc) is 2.44. The van der Waals surface area contributed by atoms with E-state index >= 15 is 0 Å². The summed E-state index contributed by atoms with van der Waals surface area (Å²) < 4.78 is 7.48. The number of halogens is 2. The van der Waals surface area contributed by atoms with Gasteiger partial charge >= 0.3 is 0 Å². The summed E-state index contributed by atoms with van der Waals surface area (Å²) in [5.41, 5.74) is 0.297. The van der Waals surface area contributed by atoms with E-state index in [0.29, 0.717) is 19.6 Å². The van der Waals surface area contributed by atoms with E-state index in [1.54, 1.807) is 0 Å². The molecule has 1 rings (SSSR count). The molecule has 0 bridgehead atoms. The topological polar surface area (TPSA) is 61.7 Å². The minimum atomic E-state index is -0.668. The summed E-state index contributed by atoms with van der Waals surface area (Å²) in [5.74, 6) is 0.782. The highest BCUT2D eigenvalue weighted by atomic mass is 79.9. The molecule has 114 valence electrons. The van der Waals surface area contributed by atoms with Crippen molar-refractivity contribution in [1.82, 2.24) is 5.32 Å². The Kier molecular flexibility index (Phi) is 7.47. The number of aliphatic hydroxyl groups is 2. The van der Waals surface area contributed by atoms with E-state index in [0.717, 1.165) is 20.3 Å². The lowest BCUT2D eigenvalue weighted by molar-refractivity contribution is 0.0861. The second kappa shape index (κ2) is 8.34. The highest BCUT2D eigenvalue weighted by Crippen LogP contribution is 2.33. The van der Waals surface area contributed by atoms with Crippen molar-refractivity contribution in [2.24, 2.45) is 0 Å². The molecular weight excluding hydrogens is 390 g/mol. The van der Waals surface area contributed by atoms with E-state index in [2.05, 4.69) is 37.2 Å². The Hall–Kier alpha value is -0.140. The summed E-state index contributed by atoms with van der Waals surface area (Å²) in [6.45, 7) is 4.72. The Morgan fingerprint density at radius 1 is 1.20 bits per heavy atom. The monoisotopic (exact) mass is 409 g/mol. The fourth-order valence-corrected chi connectivity index (χ4v) is 3.27. The summed E-state index contributed by atoms with van der Waals surface area (Å²) in [6, 6.07) is 3.90. The fourth-order valence-electron chi connectivity index (χ4n) is 1.84. The first-order valence-electron chi connectivity index (χ1n) is 6.59. The van der Waals surface area contributed by atoms with Crippen LogP contribution in [0.4, 0.5) is 0 Å². The quantitative estimate of drug-likeness (QED) is 0.616. The van der Waals surface area contributed by atoms with Crippen molar-refractivity contribution < 1.29 is 14.9 Å². The molecule has 0 atom stereocenters. The second-order valence-corrected chi connectivity index (χ2v) is 6.38. The van der Waals surface area contributed by atoms with Crippen molar-refractivity contribution in [3.8, 4) is 5.75 Å². The predicted octanol–water partition coefficient (Wildman–Crippen LogP) is 2.83. The van der Waals surface area contributed by atoms with Crippen LogP contribution in [0.3, 0.4) is 0 Å². The van der Waals surface area contributed by atoms with Crippen LogP contribution in [0.15, 0.2) is 21.1 Å². The zero-order chi connectivity index (χ0) is 15.2. The van der Waals surface area contributed by atoms with Gasteiger partial charge in [0, 0.05) is 16.6 Å². The van der Waals surface area contributed by atoms with Crippen LogP contribution in [0, 0.1) is 0 Å². The molecule has 0 unspecified atom stereocenters. The van der Waals surface area contributed by atoms with Gasteiger partial charge in [0.25, 0.3) is 0 Å². The summed E-state index contributed by atoms with van der Waals surface area (Å²) >= 11 is 6.95. The lowest BCUT2D eigenvalue weighted by Crippen LogP contribution is -2.50. The van der Waals surface area contributed by atoms with Crippen LogP contribution in [0.2, 0.25) is 0 Å². The molecule has 0 fully saturated rings. The highest BCUT2D eigenvalue weighted by molar-refractivity contribution is 9.11. The standard InChI is InChI=1S/C14H21Br2NO3/c1-3-14(8-18,9-19)17-7-10-5-11(15)6-12(16)13(10)20-4-2/h5-6,17-19H,3-4,7-9H2,1-2H3. The third kappa shape index (κ3) is 4.43. The van der Waals surface area contributed by atoms with Gasteiger partial charge in [0.05, 0.1) is 29.8 Å². The van der Waals surface area contributed by atoms with Crippen molar-refractivity contribution in [2.45, 2.75) is 32.4 Å². The zero-order valence-corrected chi connectivity index (χ0v) is 14.9. The fraction of sp³-hybridized carbons (Fsp3) is 0.571. The van der Waals surface area contributed by atoms with Crippen molar-refractivity contribution >= 4 is 31.9 Å². The molecule has 0 spiro atoms. The van der Waals surface area contributed by atoms with Gasteiger partial charge in [0.2, 0.25) is 0 Å². The normalized spacial score (nSPS) is 11.7. The number of aliphatic hydroxyl groups excluding tert-OH is 2. The summed E-state index contributed by atoms with van der Waals surface area (Å²) in [6.07, 6.45) is 0.638. The molecule has 20 heavy (non-hydrogen) atoms. The van der Waals surface area contributed by atoms with Gasteiger partial charge in [-0.3, -0.25) is 0 Å². The van der Waals surface area contributed by atoms with Crippen molar-refractivity contribution in [3.63, 3.8) is 0 Å². The maximum absolute atomic E-state index is 9.46. The summed E-state index contributed by atoms with van der Waals surface area (Å²) in [4.78, 5) is 0. The van der Waals surface area contributed by atoms with Crippen LogP contribution in [-0.4, -0.2) is 35.6 Å². The Labute approximate surface area is 136 Å². The number of hydrogen-bond donors (Lipinski definition) is 3. The third-order valence-electron chi connectivity index (χ3n) is 3.31. The highest BCUT2D eigenvalue weighted by Gasteiger charge is 2.26. The first kappa shape index (κ1) is 17.9. The molecule has 0 aliphatic heterocycles. The maximum Gasteiger partial charge on any atom is 0.138 e. The van der Waals surface area contributed by atoms with E-state index in [1.807, 2.05) is 26.0 Å².